The summed E-state index contributed by atoms with van der Waals surface area (Å²) in [6, 6.07) is 5.85. The molecule has 1 N–H and O–H groups in total. The zero-order valence-electron chi connectivity index (χ0n) is 16.1. The maximum Gasteiger partial charge on any atom is 0.330 e. The van der Waals surface area contributed by atoms with Gasteiger partial charge in [0, 0.05) is 26.6 Å². The molecule has 0 amide bonds. The number of nitrogens with one attached hydrogen (secondary N) is 1. The molecule has 0 unspecified atom stereocenters. The largest absolute Gasteiger partial charge is 0.468 e. The normalized spacial score (nSPS) is 11.4. The summed E-state index contributed by atoms with van der Waals surface area (Å²) >= 11 is 0. The maximum atomic E-state index is 12.4. The molecule has 3 rings (SSSR count). The van der Waals surface area contributed by atoms with E-state index in [1.54, 1.807) is 17.9 Å². The third-order valence-corrected chi connectivity index (χ3v) is 4.71. The Bertz CT molecular complexity index is 1080. The highest BCUT2D eigenvalue weighted by Gasteiger charge is 2.19. The van der Waals surface area contributed by atoms with E-state index in [1.165, 1.54) is 4.57 Å². The fraction of sp³-hybridized carbons (Fsp3) is 0.474. The zero-order valence-corrected chi connectivity index (χ0v) is 16.1. The lowest BCUT2D eigenvalue weighted by Crippen LogP contribution is -2.31. The van der Waals surface area contributed by atoms with E-state index in [-0.39, 0.29) is 0 Å². The van der Waals surface area contributed by atoms with Crippen LogP contribution in [-0.2, 0) is 26.7 Å². The molecule has 3 aromatic heterocycles. The summed E-state index contributed by atoms with van der Waals surface area (Å²) in [6.45, 7) is 4.04. The third kappa shape index (κ3) is 4.07. The number of aromatic nitrogens is 4. The number of aromatic amines is 1. The topological polar surface area (TPSA) is 113 Å². The number of hydrogen-bond acceptors (Lipinski definition) is 6. The minimum Gasteiger partial charge on any atom is -0.468 e. The van der Waals surface area contributed by atoms with E-state index in [9.17, 15) is 9.59 Å². The molecule has 0 aliphatic carbocycles. The van der Waals surface area contributed by atoms with E-state index < -0.39 is 11.2 Å². The van der Waals surface area contributed by atoms with Crippen LogP contribution in [0, 0.1) is 11.3 Å². The van der Waals surface area contributed by atoms with Crippen molar-refractivity contribution >= 4 is 11.2 Å². The average molecular weight is 384 g/mol. The van der Waals surface area contributed by atoms with Crippen LogP contribution < -0.4 is 11.2 Å². The van der Waals surface area contributed by atoms with Crippen molar-refractivity contribution in [3.63, 3.8) is 0 Å². The SMILES string of the molecule is CCCCn1c(=O)[nH]c(=O)c2c1nc(CN(CCC#N)Cc1ccco1)n2C. The Kier molecular flexibility index (Phi) is 6.11. The summed E-state index contributed by atoms with van der Waals surface area (Å²) in [4.78, 5) is 33.7. The molecule has 0 atom stereocenters. The van der Waals surface area contributed by atoms with Crippen molar-refractivity contribution < 1.29 is 4.42 Å². The second-order valence-corrected chi connectivity index (χ2v) is 6.72. The Morgan fingerprint density at radius 1 is 1.36 bits per heavy atom. The molecule has 9 heteroatoms. The first-order chi connectivity index (χ1) is 13.5. The molecule has 3 aromatic rings. The van der Waals surface area contributed by atoms with Gasteiger partial charge in [-0.05, 0) is 18.6 Å². The van der Waals surface area contributed by atoms with Crippen LogP contribution in [0.25, 0.3) is 11.2 Å². The van der Waals surface area contributed by atoms with Gasteiger partial charge in [0.1, 0.15) is 11.6 Å². The molecule has 0 aromatic carbocycles. The molecule has 0 saturated heterocycles. The van der Waals surface area contributed by atoms with Crippen LogP contribution in [-0.4, -0.2) is 30.5 Å². The predicted octanol–water partition coefficient (Wildman–Crippen LogP) is 1.73. The van der Waals surface area contributed by atoms with Gasteiger partial charge in [0.05, 0.1) is 25.4 Å². The standard InChI is InChI=1S/C19H24N6O3/c1-3-4-10-25-17-16(18(26)22-19(25)27)23(2)15(21-17)13-24(9-6-8-20)12-14-7-5-11-28-14/h5,7,11H,3-4,6,9-10,12-13H2,1-2H3,(H,22,26,27). The predicted molar refractivity (Wildman–Crippen MR) is 104 cm³/mol. The molecule has 0 aliphatic rings. The Labute approximate surface area is 161 Å². The minimum absolute atomic E-state index is 0.368. The molecule has 0 saturated carbocycles. The van der Waals surface area contributed by atoms with Gasteiger partial charge in [0.2, 0.25) is 0 Å². The van der Waals surface area contributed by atoms with E-state index in [2.05, 4.69) is 16.0 Å². The summed E-state index contributed by atoms with van der Waals surface area (Å²) in [7, 11) is 1.77. The van der Waals surface area contributed by atoms with Crippen molar-refractivity contribution in [2.45, 2.75) is 45.8 Å². The van der Waals surface area contributed by atoms with Gasteiger partial charge < -0.3 is 8.98 Å². The highest BCUT2D eigenvalue weighted by atomic mass is 16.3. The molecule has 148 valence electrons. The summed E-state index contributed by atoms with van der Waals surface area (Å²) < 4.78 is 8.66. The van der Waals surface area contributed by atoms with Crippen molar-refractivity contribution in [1.29, 1.82) is 5.26 Å². The molecule has 9 nitrogen and oxygen atoms in total. The Morgan fingerprint density at radius 2 is 2.18 bits per heavy atom. The molecule has 28 heavy (non-hydrogen) atoms. The van der Waals surface area contributed by atoms with Crippen LogP contribution >= 0.6 is 0 Å². The quantitative estimate of drug-likeness (QED) is 0.601. The number of H-pyrrole nitrogens is 1. The van der Waals surface area contributed by atoms with Crippen molar-refractivity contribution in [3.05, 3.63) is 50.8 Å². The maximum absolute atomic E-state index is 12.4. The van der Waals surface area contributed by atoms with Gasteiger partial charge in [0.25, 0.3) is 5.56 Å². The number of aryl methyl sites for hydroxylation is 2. The number of furan rings is 1. The van der Waals surface area contributed by atoms with Crippen molar-refractivity contribution in [3.8, 4) is 6.07 Å². The number of unbranched alkanes of at least 4 members (excludes halogenated alkanes) is 1. The second kappa shape index (κ2) is 8.71. The first-order valence-corrected chi connectivity index (χ1v) is 9.35. The van der Waals surface area contributed by atoms with Crippen molar-refractivity contribution in [2.75, 3.05) is 6.54 Å². The number of imidazole rings is 1. The summed E-state index contributed by atoms with van der Waals surface area (Å²) in [5.74, 6) is 1.44. The van der Waals surface area contributed by atoms with Crippen LogP contribution in [0.15, 0.2) is 32.4 Å². The van der Waals surface area contributed by atoms with Gasteiger partial charge >= 0.3 is 5.69 Å². The first-order valence-electron chi connectivity index (χ1n) is 9.35. The molecule has 0 spiro atoms. The fourth-order valence-corrected chi connectivity index (χ4v) is 3.20. The minimum atomic E-state index is -0.441. The third-order valence-electron chi connectivity index (χ3n) is 4.71. The zero-order chi connectivity index (χ0) is 20.1. The molecule has 0 radical (unpaired) electrons. The Balaban J connectivity index is 1.98. The van der Waals surface area contributed by atoms with Gasteiger partial charge in [-0.3, -0.25) is 19.2 Å². The van der Waals surface area contributed by atoms with Crippen LogP contribution in [0.4, 0.5) is 0 Å². The smallest absolute Gasteiger partial charge is 0.330 e. The summed E-state index contributed by atoms with van der Waals surface area (Å²) in [5.41, 5.74) is -0.0991. The van der Waals surface area contributed by atoms with Gasteiger partial charge in [-0.2, -0.15) is 5.26 Å². The number of nitriles is 1. The Hall–Kier alpha value is -3.12. The van der Waals surface area contributed by atoms with Crippen LogP contribution in [0.1, 0.15) is 37.8 Å². The number of hydrogen-bond donors (Lipinski definition) is 1. The van der Waals surface area contributed by atoms with Gasteiger partial charge in [-0.15, -0.1) is 0 Å². The lowest BCUT2D eigenvalue weighted by Gasteiger charge is -2.19. The second-order valence-electron chi connectivity index (χ2n) is 6.72. The van der Waals surface area contributed by atoms with Crippen LogP contribution in [0.5, 0.6) is 0 Å². The van der Waals surface area contributed by atoms with Gasteiger partial charge in [-0.1, -0.05) is 13.3 Å². The van der Waals surface area contributed by atoms with Crippen LogP contribution in [0.3, 0.4) is 0 Å². The molecule has 3 heterocycles. The van der Waals surface area contributed by atoms with Gasteiger partial charge in [-0.25, -0.2) is 9.78 Å². The van der Waals surface area contributed by atoms with E-state index in [0.717, 1.165) is 18.6 Å². The van der Waals surface area contributed by atoms with E-state index in [4.69, 9.17) is 9.68 Å². The van der Waals surface area contributed by atoms with Crippen molar-refractivity contribution in [1.82, 2.24) is 24.0 Å². The molecule has 0 aliphatic heterocycles. The first kappa shape index (κ1) is 19.6. The average Bonchev–Trinajstić information content (AvgIpc) is 3.28. The fourth-order valence-electron chi connectivity index (χ4n) is 3.20. The molecule has 0 bridgehead atoms. The van der Waals surface area contributed by atoms with Crippen molar-refractivity contribution in [2.24, 2.45) is 7.05 Å². The Morgan fingerprint density at radius 3 is 2.86 bits per heavy atom. The molecular weight excluding hydrogens is 360 g/mol. The summed E-state index contributed by atoms with van der Waals surface area (Å²) in [6.07, 6.45) is 3.73. The van der Waals surface area contributed by atoms with Crippen LogP contribution in [0.2, 0.25) is 0 Å². The monoisotopic (exact) mass is 384 g/mol. The van der Waals surface area contributed by atoms with Gasteiger partial charge in [0.15, 0.2) is 11.2 Å². The van der Waals surface area contributed by atoms with E-state index in [1.807, 2.05) is 24.0 Å². The lowest BCUT2D eigenvalue weighted by molar-refractivity contribution is 0.233. The highest BCUT2D eigenvalue weighted by Crippen LogP contribution is 2.14. The molecule has 0 fully saturated rings. The highest BCUT2D eigenvalue weighted by molar-refractivity contribution is 5.70. The van der Waals surface area contributed by atoms with E-state index >= 15 is 0 Å². The number of rotatable bonds is 9. The number of nitrogens with zero attached hydrogens (tertiary/aromatic N) is 5. The van der Waals surface area contributed by atoms with E-state index in [0.29, 0.717) is 49.6 Å². The number of fused-ring (bicyclic) bond motifs is 1. The lowest BCUT2D eigenvalue weighted by atomic mass is 10.3. The summed E-state index contributed by atoms with van der Waals surface area (Å²) in [5, 5.41) is 8.96. The molecular formula is C19H24N6O3.